The number of nitrogens with zero attached hydrogens (tertiary/aromatic N) is 3. The maximum Gasteiger partial charge on any atom is 0.211 e. The monoisotopic (exact) mass is 535 g/mol. The van der Waals surface area contributed by atoms with Gasteiger partial charge in [0.1, 0.15) is 0 Å². The lowest BCUT2D eigenvalue weighted by Gasteiger charge is -2.22. The van der Waals surface area contributed by atoms with Gasteiger partial charge in [0.2, 0.25) is 10.0 Å². The first-order valence-corrected chi connectivity index (χ1v) is 10.0. The first-order valence-electron chi connectivity index (χ1n) is 7.56. The minimum absolute atomic E-state index is 0. The Morgan fingerprint density at radius 2 is 2.08 bits per heavy atom. The van der Waals surface area contributed by atoms with Gasteiger partial charge in [0.05, 0.1) is 18.8 Å². The summed E-state index contributed by atoms with van der Waals surface area (Å²) in [5.41, 5.74) is 1.15. The molecule has 0 radical (unpaired) electrons. The van der Waals surface area contributed by atoms with Crippen LogP contribution in [0.3, 0.4) is 0 Å². The minimum Gasteiger partial charge on any atom is -0.357 e. The smallest absolute Gasteiger partial charge is 0.211 e. The Kier molecular flexibility index (Phi) is 11.2. The number of sulfonamides is 1. The summed E-state index contributed by atoms with van der Waals surface area (Å²) in [6.45, 7) is 5.76. The number of aliphatic imine (C=N–C) groups is 1. The topological polar surface area (TPSA) is 78.7 Å². The highest BCUT2D eigenvalue weighted by atomic mass is 127. The summed E-state index contributed by atoms with van der Waals surface area (Å²) < 4.78 is 28.4. The zero-order chi connectivity index (χ0) is 17.5. The molecule has 1 heterocycles. The van der Waals surface area contributed by atoms with E-state index in [1.807, 2.05) is 32.1 Å². The molecule has 0 saturated carbocycles. The normalized spacial score (nSPS) is 12.0. The predicted molar refractivity (Wildman–Crippen MR) is 113 cm³/mol. The van der Waals surface area contributed by atoms with Crippen molar-refractivity contribution in [3.63, 3.8) is 0 Å². The van der Waals surface area contributed by atoms with E-state index in [9.17, 15) is 8.42 Å². The van der Waals surface area contributed by atoms with Gasteiger partial charge in [0, 0.05) is 43.5 Å². The molecule has 0 aliphatic heterocycles. The molecule has 0 aliphatic rings. The molecular formula is C14H27BrIN5O2S. The molecule has 0 aliphatic carbocycles. The quantitative estimate of drug-likeness (QED) is 0.230. The molecule has 0 bridgehead atoms. The third kappa shape index (κ3) is 8.17. The van der Waals surface area contributed by atoms with E-state index in [1.54, 1.807) is 6.92 Å². The lowest BCUT2D eigenvalue weighted by Crippen LogP contribution is -2.39. The highest BCUT2D eigenvalue weighted by molar-refractivity contribution is 14.0. The van der Waals surface area contributed by atoms with Gasteiger partial charge in [-0.2, -0.15) is 0 Å². The average molecular weight is 536 g/mol. The summed E-state index contributed by atoms with van der Waals surface area (Å²) in [6.07, 6.45) is 2.01. The number of guanidine groups is 1. The van der Waals surface area contributed by atoms with Crippen LogP contribution < -0.4 is 10.0 Å². The minimum atomic E-state index is -3.16. The number of halogens is 2. The molecule has 140 valence electrons. The number of nitrogens with one attached hydrogen (secondary N) is 2. The number of aryl methyl sites for hydroxylation is 1. The van der Waals surface area contributed by atoms with Crippen LogP contribution in [0.15, 0.2) is 21.7 Å². The Labute approximate surface area is 170 Å². The van der Waals surface area contributed by atoms with Crippen LogP contribution >= 0.6 is 39.9 Å². The lowest BCUT2D eigenvalue weighted by atomic mass is 10.4. The number of hydrogen-bond acceptors (Lipinski definition) is 3. The molecule has 7 nitrogen and oxygen atoms in total. The average Bonchev–Trinajstić information content (AvgIpc) is 2.80. The molecule has 0 spiro atoms. The van der Waals surface area contributed by atoms with E-state index in [-0.39, 0.29) is 29.7 Å². The second kappa shape index (κ2) is 11.3. The summed E-state index contributed by atoms with van der Waals surface area (Å²) in [6, 6.07) is 2.06. The molecular weight excluding hydrogens is 509 g/mol. The fourth-order valence-corrected chi connectivity index (χ4v) is 3.15. The molecule has 0 atom stereocenters. The largest absolute Gasteiger partial charge is 0.357 e. The molecule has 0 aromatic carbocycles. The molecule has 24 heavy (non-hydrogen) atoms. The van der Waals surface area contributed by atoms with E-state index in [0.717, 1.165) is 22.7 Å². The number of rotatable bonds is 8. The Hall–Kier alpha value is -0.330. The standard InChI is InChI=1S/C14H26BrN5O2S.HI/c1-5-16-14(17-7-8-18-23(21,22)6-2)20(4)11-13-9-12(15)10-19(13)3;/h9-10,18H,5-8,11H2,1-4H3,(H,16,17);1H. The van der Waals surface area contributed by atoms with Crippen molar-refractivity contribution in [2.75, 3.05) is 32.4 Å². The Balaban J connectivity index is 0.00000529. The van der Waals surface area contributed by atoms with Crippen LogP contribution in [0.1, 0.15) is 19.5 Å². The molecule has 1 rings (SSSR count). The fourth-order valence-electron chi connectivity index (χ4n) is 1.98. The van der Waals surface area contributed by atoms with Crippen LogP contribution in [0.4, 0.5) is 0 Å². The molecule has 1 aromatic heterocycles. The summed E-state index contributed by atoms with van der Waals surface area (Å²) in [5.74, 6) is 0.833. The Morgan fingerprint density at radius 3 is 2.58 bits per heavy atom. The zero-order valence-corrected chi connectivity index (χ0v) is 19.3. The van der Waals surface area contributed by atoms with Crippen molar-refractivity contribution >= 4 is 55.9 Å². The Morgan fingerprint density at radius 1 is 1.42 bits per heavy atom. The van der Waals surface area contributed by atoms with Gasteiger partial charge in [0.25, 0.3) is 0 Å². The van der Waals surface area contributed by atoms with Crippen molar-refractivity contribution in [2.24, 2.45) is 12.0 Å². The molecule has 0 unspecified atom stereocenters. The van der Waals surface area contributed by atoms with E-state index in [0.29, 0.717) is 19.6 Å². The molecule has 1 aromatic rings. The summed E-state index contributed by atoms with van der Waals surface area (Å²) in [4.78, 5) is 6.48. The van der Waals surface area contributed by atoms with Crippen LogP contribution in [-0.2, 0) is 23.6 Å². The van der Waals surface area contributed by atoms with E-state index < -0.39 is 10.0 Å². The van der Waals surface area contributed by atoms with E-state index in [4.69, 9.17) is 0 Å². The van der Waals surface area contributed by atoms with E-state index >= 15 is 0 Å². The van der Waals surface area contributed by atoms with Gasteiger partial charge in [-0.3, -0.25) is 4.99 Å². The van der Waals surface area contributed by atoms with Gasteiger partial charge >= 0.3 is 0 Å². The summed E-state index contributed by atoms with van der Waals surface area (Å²) in [7, 11) is 0.791. The van der Waals surface area contributed by atoms with Gasteiger partial charge in [-0.15, -0.1) is 24.0 Å². The van der Waals surface area contributed by atoms with Gasteiger partial charge in [-0.05, 0) is 35.8 Å². The molecule has 0 saturated heterocycles. The highest BCUT2D eigenvalue weighted by Crippen LogP contribution is 2.14. The zero-order valence-electron chi connectivity index (χ0n) is 14.5. The molecule has 0 fully saturated rings. The van der Waals surface area contributed by atoms with Crippen LogP contribution in [0.5, 0.6) is 0 Å². The van der Waals surface area contributed by atoms with Gasteiger partial charge in [-0.1, -0.05) is 0 Å². The van der Waals surface area contributed by atoms with E-state index in [2.05, 4.69) is 41.6 Å². The van der Waals surface area contributed by atoms with E-state index in [1.165, 1.54) is 0 Å². The number of aromatic nitrogens is 1. The molecule has 2 N–H and O–H groups in total. The fraction of sp³-hybridized carbons (Fsp3) is 0.643. The van der Waals surface area contributed by atoms with Gasteiger partial charge in [0.15, 0.2) is 5.96 Å². The van der Waals surface area contributed by atoms with Crippen LogP contribution in [0.2, 0.25) is 0 Å². The Bertz CT molecular complexity index is 633. The van der Waals surface area contributed by atoms with Gasteiger partial charge < -0.3 is 14.8 Å². The lowest BCUT2D eigenvalue weighted by molar-refractivity contribution is 0.462. The highest BCUT2D eigenvalue weighted by Gasteiger charge is 2.10. The third-order valence-corrected chi connectivity index (χ3v) is 5.08. The SMILES string of the molecule is CCNC(=NCCNS(=O)(=O)CC)N(C)Cc1cc(Br)cn1C.I. The van der Waals surface area contributed by atoms with Crippen molar-refractivity contribution in [3.05, 3.63) is 22.4 Å². The second-order valence-electron chi connectivity index (χ2n) is 5.15. The van der Waals surface area contributed by atoms with Crippen LogP contribution in [-0.4, -0.2) is 56.3 Å². The summed E-state index contributed by atoms with van der Waals surface area (Å²) >= 11 is 3.47. The van der Waals surface area contributed by atoms with Crippen LogP contribution in [0.25, 0.3) is 0 Å². The van der Waals surface area contributed by atoms with Crippen molar-refractivity contribution in [3.8, 4) is 0 Å². The number of hydrogen-bond donors (Lipinski definition) is 2. The second-order valence-corrected chi connectivity index (χ2v) is 8.16. The maximum atomic E-state index is 11.4. The predicted octanol–water partition coefficient (Wildman–Crippen LogP) is 1.74. The van der Waals surface area contributed by atoms with Crippen molar-refractivity contribution in [2.45, 2.75) is 20.4 Å². The molecule has 10 heteroatoms. The van der Waals surface area contributed by atoms with Gasteiger partial charge in [-0.25, -0.2) is 13.1 Å². The van der Waals surface area contributed by atoms with Crippen molar-refractivity contribution < 1.29 is 8.42 Å². The summed E-state index contributed by atoms with van der Waals surface area (Å²) in [5, 5.41) is 3.22. The third-order valence-electron chi connectivity index (χ3n) is 3.25. The first kappa shape index (κ1) is 23.7. The van der Waals surface area contributed by atoms with Crippen molar-refractivity contribution in [1.29, 1.82) is 0 Å². The van der Waals surface area contributed by atoms with Crippen molar-refractivity contribution in [1.82, 2.24) is 19.5 Å². The maximum absolute atomic E-state index is 11.4. The van der Waals surface area contributed by atoms with Crippen LogP contribution in [0, 0.1) is 0 Å². The first-order chi connectivity index (χ1) is 10.8. The molecule has 0 amide bonds.